The predicted molar refractivity (Wildman–Crippen MR) is 143 cm³/mol. The molecule has 1 fully saturated rings. The van der Waals surface area contributed by atoms with Gasteiger partial charge in [0.1, 0.15) is 6.54 Å². The Labute approximate surface area is 213 Å². The van der Waals surface area contributed by atoms with Crippen molar-refractivity contribution in [3.8, 4) is 17.2 Å². The molecule has 0 bridgehead atoms. The van der Waals surface area contributed by atoms with Gasteiger partial charge in [-0.25, -0.2) is 18.4 Å². The molecule has 0 spiro atoms. The van der Waals surface area contributed by atoms with Gasteiger partial charge < -0.3 is 9.64 Å². The molecule has 184 valence electrons. The molecule has 1 saturated heterocycles. The normalized spacial score (nSPS) is 13.9. The zero-order chi connectivity index (χ0) is 25.1. The van der Waals surface area contributed by atoms with Crippen molar-refractivity contribution in [2.24, 2.45) is 0 Å². The molecule has 0 saturated carbocycles. The molecule has 0 radical (unpaired) electrons. The van der Waals surface area contributed by atoms with Crippen LogP contribution >= 0.6 is 11.3 Å². The van der Waals surface area contributed by atoms with Crippen LogP contribution in [0.5, 0.6) is 0 Å². The van der Waals surface area contributed by atoms with E-state index in [4.69, 9.17) is 9.72 Å². The highest BCUT2D eigenvalue weighted by Gasteiger charge is 2.17. The van der Waals surface area contributed by atoms with E-state index in [-0.39, 0.29) is 6.54 Å². The zero-order valence-electron chi connectivity index (χ0n) is 19.6. The number of fused-ring (bicyclic) bond motifs is 1. The molecule has 0 atom stereocenters. The van der Waals surface area contributed by atoms with Gasteiger partial charge in [-0.05, 0) is 42.0 Å². The Morgan fingerprint density at radius 1 is 1.19 bits per heavy atom. The van der Waals surface area contributed by atoms with E-state index in [0.29, 0.717) is 24.8 Å². The number of thiophene rings is 1. The molecule has 1 aliphatic rings. The summed E-state index contributed by atoms with van der Waals surface area (Å²) in [6.07, 6.45) is 2.88. The third-order valence-corrected chi connectivity index (χ3v) is 7.30. The standard InChI is InChI=1S/C25H24N6O3S2/c1-36(32,33)29-19-4-2-3-18(15-19)22-17-35-23-16-27-25(28-24(22)23)31(10-9-26)21-7-5-20(6-8-21)30-11-13-34-14-12-30/h2-8,15-17,29H,10-14H2,1H3. The fourth-order valence-corrected chi connectivity index (χ4v) is 5.56. The van der Waals surface area contributed by atoms with E-state index in [1.165, 1.54) is 11.3 Å². The van der Waals surface area contributed by atoms with Gasteiger partial charge in [-0.15, -0.1) is 11.3 Å². The summed E-state index contributed by atoms with van der Waals surface area (Å²) in [6.45, 7) is 3.22. The summed E-state index contributed by atoms with van der Waals surface area (Å²) in [6, 6.07) is 17.4. The molecule has 36 heavy (non-hydrogen) atoms. The van der Waals surface area contributed by atoms with Gasteiger partial charge >= 0.3 is 0 Å². The SMILES string of the molecule is CS(=O)(=O)Nc1cccc(-c2csc3cnc(N(CC#N)c4ccc(N5CCOCC5)cc4)nc23)c1. The van der Waals surface area contributed by atoms with Crippen LogP contribution in [0.4, 0.5) is 23.0 Å². The summed E-state index contributed by atoms with van der Waals surface area (Å²) in [7, 11) is -3.39. The number of ether oxygens (including phenoxy) is 1. The van der Waals surface area contributed by atoms with E-state index < -0.39 is 10.0 Å². The minimum Gasteiger partial charge on any atom is -0.378 e. The topological polar surface area (TPSA) is 111 Å². The number of benzene rings is 2. The average molecular weight is 521 g/mol. The Bertz CT molecular complexity index is 1520. The van der Waals surface area contributed by atoms with Crippen LogP contribution in [0.25, 0.3) is 21.3 Å². The first-order valence-corrected chi connectivity index (χ1v) is 14.1. The van der Waals surface area contributed by atoms with Crippen molar-refractivity contribution in [1.82, 2.24) is 9.97 Å². The van der Waals surface area contributed by atoms with Gasteiger partial charge in [0, 0.05) is 41.1 Å². The zero-order valence-corrected chi connectivity index (χ0v) is 21.2. The van der Waals surface area contributed by atoms with Crippen LogP contribution in [0.2, 0.25) is 0 Å². The highest BCUT2D eigenvalue weighted by atomic mass is 32.2. The van der Waals surface area contributed by atoms with E-state index in [1.54, 1.807) is 29.3 Å². The molecule has 1 aliphatic heterocycles. The number of sulfonamides is 1. The lowest BCUT2D eigenvalue weighted by Crippen LogP contribution is -2.36. The van der Waals surface area contributed by atoms with Gasteiger partial charge in [-0.1, -0.05) is 12.1 Å². The fraction of sp³-hybridized carbons (Fsp3) is 0.240. The minimum atomic E-state index is -3.39. The third kappa shape index (κ3) is 5.26. The van der Waals surface area contributed by atoms with Crippen LogP contribution in [0, 0.1) is 11.3 Å². The van der Waals surface area contributed by atoms with E-state index in [1.807, 2.05) is 35.7 Å². The summed E-state index contributed by atoms with van der Waals surface area (Å²) in [5.74, 6) is 0.424. The maximum atomic E-state index is 11.7. The van der Waals surface area contributed by atoms with Gasteiger partial charge in [0.25, 0.3) is 0 Å². The average Bonchev–Trinajstić information content (AvgIpc) is 3.30. The van der Waals surface area contributed by atoms with Crippen molar-refractivity contribution < 1.29 is 13.2 Å². The third-order valence-electron chi connectivity index (χ3n) is 5.79. The molecular formula is C25H24N6O3S2. The molecule has 1 N–H and O–H groups in total. The number of nitrogens with one attached hydrogen (secondary N) is 1. The van der Waals surface area contributed by atoms with Gasteiger partial charge in [-0.2, -0.15) is 5.26 Å². The van der Waals surface area contributed by atoms with Crippen molar-refractivity contribution in [3.63, 3.8) is 0 Å². The van der Waals surface area contributed by atoms with E-state index in [9.17, 15) is 13.7 Å². The second kappa shape index (κ2) is 10.1. The Morgan fingerprint density at radius 3 is 2.69 bits per heavy atom. The second-order valence-electron chi connectivity index (χ2n) is 8.35. The lowest BCUT2D eigenvalue weighted by Gasteiger charge is -2.29. The molecule has 4 aromatic rings. The van der Waals surface area contributed by atoms with Crippen molar-refractivity contribution in [1.29, 1.82) is 5.26 Å². The Hall–Kier alpha value is -3.72. The Balaban J connectivity index is 1.48. The van der Waals surface area contributed by atoms with Crippen molar-refractivity contribution in [2.45, 2.75) is 0 Å². The summed E-state index contributed by atoms with van der Waals surface area (Å²) >= 11 is 1.51. The van der Waals surface area contributed by atoms with Crippen LogP contribution in [0.15, 0.2) is 60.1 Å². The van der Waals surface area contributed by atoms with Gasteiger partial charge in [0.15, 0.2) is 0 Å². The lowest BCUT2D eigenvalue weighted by molar-refractivity contribution is 0.122. The molecule has 11 heteroatoms. The lowest BCUT2D eigenvalue weighted by atomic mass is 10.1. The van der Waals surface area contributed by atoms with Crippen LogP contribution in [0.3, 0.4) is 0 Å². The largest absolute Gasteiger partial charge is 0.378 e. The summed E-state index contributed by atoms with van der Waals surface area (Å²) in [5, 5.41) is 11.5. The van der Waals surface area contributed by atoms with E-state index in [0.717, 1.165) is 52.1 Å². The van der Waals surface area contributed by atoms with E-state index >= 15 is 0 Å². The molecular weight excluding hydrogens is 496 g/mol. The maximum absolute atomic E-state index is 11.7. The number of morpholine rings is 1. The minimum absolute atomic E-state index is 0.0929. The predicted octanol–water partition coefficient (Wildman–Crippen LogP) is 4.23. The number of rotatable bonds is 7. The monoisotopic (exact) mass is 520 g/mol. The Kier molecular flexibility index (Phi) is 6.73. The highest BCUT2D eigenvalue weighted by Crippen LogP contribution is 2.35. The summed E-state index contributed by atoms with van der Waals surface area (Å²) < 4.78 is 32.2. The number of hydrogen-bond donors (Lipinski definition) is 1. The van der Waals surface area contributed by atoms with Crippen molar-refractivity contribution in [3.05, 3.63) is 60.1 Å². The number of aromatic nitrogens is 2. The molecule has 2 aromatic carbocycles. The quantitative estimate of drug-likeness (QED) is 0.361. The smallest absolute Gasteiger partial charge is 0.231 e. The first kappa shape index (κ1) is 24.0. The number of nitriles is 1. The van der Waals surface area contributed by atoms with E-state index in [2.05, 4.69) is 20.7 Å². The van der Waals surface area contributed by atoms with Crippen molar-refractivity contribution >= 4 is 54.6 Å². The van der Waals surface area contributed by atoms with Crippen LogP contribution in [0.1, 0.15) is 0 Å². The van der Waals surface area contributed by atoms with Gasteiger partial charge in [0.05, 0.1) is 42.0 Å². The number of hydrogen-bond acceptors (Lipinski definition) is 9. The van der Waals surface area contributed by atoms with Gasteiger partial charge in [0.2, 0.25) is 16.0 Å². The number of nitrogens with zero attached hydrogens (tertiary/aromatic N) is 5. The molecule has 0 unspecified atom stereocenters. The van der Waals surface area contributed by atoms with Gasteiger partial charge in [-0.3, -0.25) is 9.62 Å². The van der Waals surface area contributed by atoms with Crippen LogP contribution in [-0.4, -0.2) is 57.5 Å². The molecule has 2 aromatic heterocycles. The summed E-state index contributed by atoms with van der Waals surface area (Å²) in [5.41, 5.74) is 4.86. The summed E-state index contributed by atoms with van der Waals surface area (Å²) in [4.78, 5) is 13.4. The molecule has 3 heterocycles. The first-order valence-electron chi connectivity index (χ1n) is 11.3. The fourth-order valence-electron chi connectivity index (χ4n) is 4.13. The Morgan fingerprint density at radius 2 is 1.97 bits per heavy atom. The second-order valence-corrected chi connectivity index (χ2v) is 11.0. The maximum Gasteiger partial charge on any atom is 0.231 e. The number of anilines is 4. The first-order chi connectivity index (χ1) is 17.4. The van der Waals surface area contributed by atoms with Crippen LogP contribution < -0.4 is 14.5 Å². The molecule has 0 aliphatic carbocycles. The highest BCUT2D eigenvalue weighted by molar-refractivity contribution is 7.92. The molecule has 9 nitrogen and oxygen atoms in total. The molecule has 0 amide bonds. The van der Waals surface area contributed by atoms with Crippen molar-refractivity contribution in [2.75, 3.05) is 53.6 Å². The van der Waals surface area contributed by atoms with Crippen LogP contribution in [-0.2, 0) is 14.8 Å². The molecule has 5 rings (SSSR count).